The van der Waals surface area contributed by atoms with Crippen molar-refractivity contribution in [2.75, 3.05) is 19.6 Å². The van der Waals surface area contributed by atoms with Gasteiger partial charge in [-0.1, -0.05) is 11.6 Å². The summed E-state index contributed by atoms with van der Waals surface area (Å²) < 4.78 is 7.84. The van der Waals surface area contributed by atoms with Crippen LogP contribution in [0.25, 0.3) is 0 Å². The fourth-order valence-electron chi connectivity index (χ4n) is 2.07. The van der Waals surface area contributed by atoms with Crippen LogP contribution < -0.4 is 15.4 Å². The number of nitrogens with zero attached hydrogens (tertiary/aromatic N) is 3. The molecule has 2 aromatic rings. The van der Waals surface area contributed by atoms with E-state index in [1.54, 1.807) is 12.5 Å². The number of rotatable bonds is 8. The van der Waals surface area contributed by atoms with Crippen LogP contribution in [0, 0.1) is 0 Å². The van der Waals surface area contributed by atoms with Gasteiger partial charge in [0.2, 0.25) is 0 Å². The van der Waals surface area contributed by atoms with Crippen LogP contribution >= 0.6 is 35.6 Å². The topological polar surface area (TPSA) is 63.5 Å². The minimum absolute atomic E-state index is 0. The van der Waals surface area contributed by atoms with Crippen molar-refractivity contribution in [2.24, 2.45) is 4.99 Å². The Morgan fingerprint density at radius 2 is 2.08 bits per heavy atom. The molecule has 138 valence electrons. The lowest BCUT2D eigenvalue weighted by atomic mass is 10.3. The molecule has 0 spiro atoms. The van der Waals surface area contributed by atoms with Crippen LogP contribution in [-0.2, 0) is 6.54 Å². The van der Waals surface area contributed by atoms with Crippen molar-refractivity contribution in [3.63, 3.8) is 0 Å². The highest BCUT2D eigenvalue weighted by molar-refractivity contribution is 14.0. The highest BCUT2D eigenvalue weighted by Crippen LogP contribution is 2.16. The first-order valence-corrected chi connectivity index (χ1v) is 8.45. The Morgan fingerprint density at radius 3 is 2.72 bits per heavy atom. The van der Waals surface area contributed by atoms with Gasteiger partial charge in [0.05, 0.1) is 12.9 Å². The summed E-state index contributed by atoms with van der Waals surface area (Å²) >= 11 is 5.87. The number of aliphatic imine (C=N–C) groups is 1. The molecule has 0 aliphatic rings. The summed E-state index contributed by atoms with van der Waals surface area (Å²) in [5, 5.41) is 7.23. The van der Waals surface area contributed by atoms with Crippen molar-refractivity contribution in [1.82, 2.24) is 20.2 Å². The number of nitrogens with one attached hydrogen (secondary N) is 2. The Bertz CT molecular complexity index is 618. The number of ether oxygens (including phenoxy) is 1. The molecule has 1 aromatic heterocycles. The van der Waals surface area contributed by atoms with Gasteiger partial charge in [0, 0.05) is 37.1 Å². The molecule has 1 atom stereocenters. The molecule has 6 nitrogen and oxygen atoms in total. The molecule has 0 saturated carbocycles. The molecule has 2 N–H and O–H groups in total. The predicted molar refractivity (Wildman–Crippen MR) is 113 cm³/mol. The van der Waals surface area contributed by atoms with E-state index in [0.29, 0.717) is 11.6 Å². The van der Waals surface area contributed by atoms with Gasteiger partial charge in [0.1, 0.15) is 11.9 Å². The fourth-order valence-corrected chi connectivity index (χ4v) is 2.19. The highest BCUT2D eigenvalue weighted by Gasteiger charge is 2.05. The van der Waals surface area contributed by atoms with Gasteiger partial charge in [-0.05, 0) is 38.1 Å². The van der Waals surface area contributed by atoms with E-state index in [-0.39, 0.29) is 30.1 Å². The number of benzene rings is 1. The van der Waals surface area contributed by atoms with Crippen LogP contribution in [0.15, 0.2) is 48.0 Å². The van der Waals surface area contributed by atoms with Crippen molar-refractivity contribution in [1.29, 1.82) is 0 Å². The van der Waals surface area contributed by atoms with Crippen LogP contribution in [0.2, 0.25) is 5.02 Å². The summed E-state index contributed by atoms with van der Waals surface area (Å²) in [6.07, 6.45) is 5.48. The Morgan fingerprint density at radius 1 is 1.32 bits per heavy atom. The molecule has 1 heterocycles. The first-order valence-electron chi connectivity index (χ1n) is 8.07. The van der Waals surface area contributed by atoms with Crippen LogP contribution in [0.1, 0.15) is 13.8 Å². The second kappa shape index (κ2) is 12.0. The molecule has 0 bridgehead atoms. The van der Waals surface area contributed by atoms with Gasteiger partial charge in [0.15, 0.2) is 5.96 Å². The van der Waals surface area contributed by atoms with Crippen molar-refractivity contribution in [3.05, 3.63) is 48.0 Å². The molecular formula is C17H25ClIN5O. The molecule has 0 aliphatic heterocycles. The smallest absolute Gasteiger partial charge is 0.191 e. The Hall–Kier alpha value is -1.48. The van der Waals surface area contributed by atoms with Crippen molar-refractivity contribution < 1.29 is 4.74 Å². The second-order valence-corrected chi connectivity index (χ2v) is 5.77. The van der Waals surface area contributed by atoms with Gasteiger partial charge in [-0.15, -0.1) is 24.0 Å². The minimum Gasteiger partial charge on any atom is -0.489 e. The maximum absolute atomic E-state index is 5.87. The van der Waals surface area contributed by atoms with E-state index in [1.165, 1.54) is 0 Å². The Labute approximate surface area is 171 Å². The van der Waals surface area contributed by atoms with Gasteiger partial charge in [-0.25, -0.2) is 9.98 Å². The molecule has 0 saturated heterocycles. The summed E-state index contributed by atoms with van der Waals surface area (Å²) in [6.45, 7) is 7.01. The average molecular weight is 478 g/mol. The first-order chi connectivity index (χ1) is 11.7. The summed E-state index contributed by atoms with van der Waals surface area (Å²) in [5.41, 5.74) is 0. The predicted octanol–water partition coefficient (Wildman–Crippen LogP) is 3.18. The van der Waals surface area contributed by atoms with Gasteiger partial charge in [-0.2, -0.15) is 0 Å². The number of aromatic nitrogens is 2. The molecule has 1 unspecified atom stereocenters. The third-order valence-electron chi connectivity index (χ3n) is 3.22. The number of imidazole rings is 1. The van der Waals surface area contributed by atoms with Crippen molar-refractivity contribution >= 4 is 41.5 Å². The Kier molecular flexibility index (Phi) is 10.3. The van der Waals surface area contributed by atoms with Crippen LogP contribution in [-0.4, -0.2) is 41.2 Å². The molecule has 0 amide bonds. The van der Waals surface area contributed by atoms with E-state index >= 15 is 0 Å². The van der Waals surface area contributed by atoms with Crippen LogP contribution in [0.5, 0.6) is 5.75 Å². The molecule has 8 heteroatoms. The molecule has 25 heavy (non-hydrogen) atoms. The molecule has 2 rings (SSSR count). The van der Waals surface area contributed by atoms with Crippen LogP contribution in [0.3, 0.4) is 0 Å². The van der Waals surface area contributed by atoms with E-state index in [4.69, 9.17) is 16.3 Å². The van der Waals surface area contributed by atoms with Gasteiger partial charge in [-0.3, -0.25) is 0 Å². The number of hydrogen-bond donors (Lipinski definition) is 2. The molecular weight excluding hydrogens is 453 g/mol. The normalized spacial score (nSPS) is 12.2. The molecule has 0 radical (unpaired) electrons. The van der Waals surface area contributed by atoms with E-state index < -0.39 is 0 Å². The average Bonchev–Trinajstić information content (AvgIpc) is 3.08. The summed E-state index contributed by atoms with van der Waals surface area (Å²) in [5.74, 6) is 1.57. The zero-order valence-corrected chi connectivity index (χ0v) is 17.6. The monoisotopic (exact) mass is 477 g/mol. The number of guanidine groups is 1. The summed E-state index contributed by atoms with van der Waals surface area (Å²) in [4.78, 5) is 8.59. The second-order valence-electron chi connectivity index (χ2n) is 5.33. The van der Waals surface area contributed by atoms with Crippen LogP contribution in [0.4, 0.5) is 0 Å². The zero-order valence-electron chi connectivity index (χ0n) is 14.5. The SMILES string of the molecule is CCNC(=NCC(C)Oc1ccc(Cl)cc1)NCCn1ccnc1.I. The number of halogens is 2. The fraction of sp³-hybridized carbons (Fsp3) is 0.412. The van der Waals surface area contributed by atoms with Gasteiger partial charge in [0.25, 0.3) is 0 Å². The Balaban J connectivity index is 0.00000312. The maximum atomic E-state index is 5.87. The first kappa shape index (κ1) is 21.6. The highest BCUT2D eigenvalue weighted by atomic mass is 127. The zero-order chi connectivity index (χ0) is 17.2. The maximum Gasteiger partial charge on any atom is 0.191 e. The molecule has 1 aromatic carbocycles. The summed E-state index contributed by atoms with van der Waals surface area (Å²) in [6, 6.07) is 7.34. The quantitative estimate of drug-likeness (QED) is 0.348. The standard InChI is InChI=1S/C17H24ClN5O.HI/c1-3-20-17(21-9-11-23-10-8-19-13-23)22-12-14(2)24-16-6-4-15(18)5-7-16;/h4-8,10,13-14H,3,9,11-12H2,1-2H3,(H2,20,21,22);1H. The van der Waals surface area contributed by atoms with Gasteiger partial charge >= 0.3 is 0 Å². The van der Waals surface area contributed by atoms with E-state index in [0.717, 1.165) is 31.3 Å². The number of hydrogen-bond acceptors (Lipinski definition) is 3. The lowest BCUT2D eigenvalue weighted by molar-refractivity contribution is 0.230. The largest absolute Gasteiger partial charge is 0.489 e. The lowest BCUT2D eigenvalue weighted by Crippen LogP contribution is -2.39. The van der Waals surface area contributed by atoms with Crippen molar-refractivity contribution in [3.8, 4) is 5.75 Å². The lowest BCUT2D eigenvalue weighted by Gasteiger charge is -2.15. The molecule has 0 fully saturated rings. The van der Waals surface area contributed by atoms with Crippen molar-refractivity contribution in [2.45, 2.75) is 26.5 Å². The van der Waals surface area contributed by atoms with Gasteiger partial charge < -0.3 is 19.9 Å². The van der Waals surface area contributed by atoms with E-state index in [9.17, 15) is 0 Å². The third-order valence-corrected chi connectivity index (χ3v) is 3.48. The van der Waals surface area contributed by atoms with E-state index in [1.807, 2.05) is 48.9 Å². The summed E-state index contributed by atoms with van der Waals surface area (Å²) in [7, 11) is 0. The van der Waals surface area contributed by atoms with E-state index in [2.05, 4.69) is 20.6 Å². The minimum atomic E-state index is -0.0321. The molecule has 0 aliphatic carbocycles. The third kappa shape index (κ3) is 8.44.